The third-order valence-corrected chi connectivity index (χ3v) is 7.23. The van der Waals surface area contributed by atoms with Crippen LogP contribution in [0, 0.1) is 6.92 Å². The van der Waals surface area contributed by atoms with Crippen LogP contribution in [0.25, 0.3) is 22.3 Å². The number of hydrogen-bond donors (Lipinski definition) is 0. The van der Waals surface area contributed by atoms with Gasteiger partial charge >= 0.3 is 5.97 Å². The number of ether oxygens (including phenoxy) is 1. The van der Waals surface area contributed by atoms with Crippen LogP contribution in [0.1, 0.15) is 21.5 Å². The van der Waals surface area contributed by atoms with Gasteiger partial charge in [-0.05, 0) is 71.4 Å². The number of fused-ring (bicyclic) bond motifs is 1. The van der Waals surface area contributed by atoms with Crippen molar-refractivity contribution in [2.24, 2.45) is 5.10 Å². The van der Waals surface area contributed by atoms with Crippen molar-refractivity contribution in [3.05, 3.63) is 125 Å². The normalized spacial score (nSPS) is 11.3. The Morgan fingerprint density at radius 1 is 0.921 bits per heavy atom. The van der Waals surface area contributed by atoms with Gasteiger partial charge in [0.15, 0.2) is 11.6 Å². The SMILES string of the molecule is Cc1cccc(C(=O)Oc2c(Br)cc(Br)cc2C=Nn2c(-c3ccc(Br)cc3)nc3ccccc3c2=O)c1. The van der Waals surface area contributed by atoms with Gasteiger partial charge in [0, 0.05) is 20.1 Å². The van der Waals surface area contributed by atoms with Gasteiger partial charge < -0.3 is 4.74 Å². The maximum Gasteiger partial charge on any atom is 0.343 e. The fraction of sp³-hybridized carbons (Fsp3) is 0.0345. The van der Waals surface area contributed by atoms with Gasteiger partial charge in [-0.1, -0.05) is 73.8 Å². The molecule has 0 aliphatic rings. The van der Waals surface area contributed by atoms with E-state index >= 15 is 0 Å². The molecule has 188 valence electrons. The van der Waals surface area contributed by atoms with Crippen molar-refractivity contribution in [1.29, 1.82) is 0 Å². The average Bonchev–Trinajstić information content (AvgIpc) is 2.90. The summed E-state index contributed by atoms with van der Waals surface area (Å²) in [6, 6.07) is 25.3. The molecule has 0 spiro atoms. The van der Waals surface area contributed by atoms with E-state index in [9.17, 15) is 9.59 Å². The summed E-state index contributed by atoms with van der Waals surface area (Å²) in [4.78, 5) is 31.2. The number of halogens is 3. The van der Waals surface area contributed by atoms with Crippen molar-refractivity contribution in [3.63, 3.8) is 0 Å². The topological polar surface area (TPSA) is 73.5 Å². The zero-order chi connectivity index (χ0) is 26.8. The van der Waals surface area contributed by atoms with Crippen LogP contribution in [0.5, 0.6) is 5.75 Å². The highest BCUT2D eigenvalue weighted by Gasteiger charge is 2.17. The van der Waals surface area contributed by atoms with Crippen LogP contribution in [0.4, 0.5) is 0 Å². The Bertz CT molecular complexity index is 1780. The molecule has 4 aromatic carbocycles. The van der Waals surface area contributed by atoms with E-state index < -0.39 is 5.97 Å². The minimum absolute atomic E-state index is 0.274. The van der Waals surface area contributed by atoms with E-state index in [-0.39, 0.29) is 11.3 Å². The second-order valence-electron chi connectivity index (χ2n) is 8.39. The molecule has 1 heterocycles. The smallest absolute Gasteiger partial charge is 0.343 e. The molecule has 1 aromatic heterocycles. The van der Waals surface area contributed by atoms with Crippen LogP contribution >= 0.6 is 47.8 Å². The van der Waals surface area contributed by atoms with E-state index in [0.717, 1.165) is 20.1 Å². The third-order valence-electron chi connectivity index (χ3n) is 5.65. The molecule has 5 aromatic rings. The van der Waals surface area contributed by atoms with E-state index in [2.05, 4.69) is 52.9 Å². The molecule has 0 saturated heterocycles. The van der Waals surface area contributed by atoms with E-state index in [1.807, 2.05) is 43.3 Å². The number of esters is 1. The minimum Gasteiger partial charge on any atom is -0.421 e. The van der Waals surface area contributed by atoms with Crippen molar-refractivity contribution >= 4 is 70.9 Å². The van der Waals surface area contributed by atoms with Gasteiger partial charge in [0.1, 0.15) is 0 Å². The summed E-state index contributed by atoms with van der Waals surface area (Å²) in [5.41, 5.74) is 2.82. The van der Waals surface area contributed by atoms with E-state index in [0.29, 0.717) is 32.3 Å². The Kier molecular flexibility index (Phi) is 7.69. The van der Waals surface area contributed by atoms with Crippen molar-refractivity contribution < 1.29 is 9.53 Å². The lowest BCUT2D eigenvalue weighted by Gasteiger charge is -2.12. The summed E-state index contributed by atoms with van der Waals surface area (Å²) in [6.07, 6.45) is 1.48. The first-order valence-corrected chi connectivity index (χ1v) is 13.8. The Morgan fingerprint density at radius 3 is 2.45 bits per heavy atom. The first kappa shape index (κ1) is 26.2. The number of carbonyl (C=O) groups excluding carboxylic acids is 1. The summed E-state index contributed by atoms with van der Waals surface area (Å²) >= 11 is 10.4. The summed E-state index contributed by atoms with van der Waals surface area (Å²) in [6.45, 7) is 1.91. The second kappa shape index (κ2) is 11.1. The molecule has 0 N–H and O–H groups in total. The molecule has 0 aliphatic carbocycles. The second-order valence-corrected chi connectivity index (χ2v) is 11.1. The molecule has 0 aliphatic heterocycles. The summed E-state index contributed by atoms with van der Waals surface area (Å²) in [7, 11) is 0. The highest BCUT2D eigenvalue weighted by molar-refractivity contribution is 9.11. The molecule has 0 saturated carbocycles. The minimum atomic E-state index is -0.508. The van der Waals surface area contributed by atoms with Crippen molar-refractivity contribution in [1.82, 2.24) is 9.66 Å². The molecule has 9 heteroatoms. The quantitative estimate of drug-likeness (QED) is 0.107. The lowest BCUT2D eigenvalue weighted by molar-refractivity contribution is 0.0733. The van der Waals surface area contributed by atoms with Crippen LogP contribution in [0.15, 0.2) is 108 Å². The number of rotatable bonds is 5. The van der Waals surface area contributed by atoms with Gasteiger partial charge in [0.2, 0.25) is 0 Å². The van der Waals surface area contributed by atoms with Gasteiger partial charge in [0.25, 0.3) is 5.56 Å². The zero-order valence-corrected chi connectivity index (χ0v) is 24.6. The Labute approximate surface area is 243 Å². The zero-order valence-electron chi connectivity index (χ0n) is 19.9. The maximum absolute atomic E-state index is 13.5. The van der Waals surface area contributed by atoms with Gasteiger partial charge in [-0.2, -0.15) is 9.78 Å². The van der Waals surface area contributed by atoms with Crippen molar-refractivity contribution in [2.45, 2.75) is 6.92 Å². The molecular formula is C29H18Br3N3O3. The van der Waals surface area contributed by atoms with Gasteiger partial charge in [-0.15, -0.1) is 0 Å². The van der Waals surface area contributed by atoms with E-state index in [1.54, 1.807) is 48.5 Å². The highest BCUT2D eigenvalue weighted by atomic mass is 79.9. The van der Waals surface area contributed by atoms with Gasteiger partial charge in [-0.25, -0.2) is 9.78 Å². The van der Waals surface area contributed by atoms with Crippen LogP contribution in [0.3, 0.4) is 0 Å². The number of aryl methyl sites for hydroxylation is 1. The third kappa shape index (κ3) is 5.55. The molecule has 0 unspecified atom stereocenters. The molecule has 38 heavy (non-hydrogen) atoms. The van der Waals surface area contributed by atoms with Crippen LogP contribution < -0.4 is 10.3 Å². The first-order valence-electron chi connectivity index (χ1n) is 11.4. The maximum atomic E-state index is 13.5. The summed E-state index contributed by atoms with van der Waals surface area (Å²) < 4.78 is 9.22. The number of nitrogens with zero attached hydrogens (tertiary/aromatic N) is 3. The fourth-order valence-electron chi connectivity index (χ4n) is 3.84. The number of hydrogen-bond acceptors (Lipinski definition) is 5. The standard InChI is InChI=1S/C29H18Br3N3O3/c1-17-5-4-6-19(13-17)29(37)38-26-20(14-22(31)15-24(26)32)16-33-35-27(18-9-11-21(30)12-10-18)34-25-8-3-2-7-23(25)28(35)36/h2-16H,1H3. The summed E-state index contributed by atoms with van der Waals surface area (Å²) in [5.74, 6) is 0.145. The molecule has 0 atom stereocenters. The lowest BCUT2D eigenvalue weighted by atomic mass is 10.1. The highest BCUT2D eigenvalue weighted by Crippen LogP contribution is 2.33. The van der Waals surface area contributed by atoms with Crippen molar-refractivity contribution in [2.75, 3.05) is 0 Å². The number of aromatic nitrogens is 2. The predicted molar refractivity (Wildman–Crippen MR) is 160 cm³/mol. The molecule has 0 fully saturated rings. The molecular weight excluding hydrogens is 678 g/mol. The fourth-order valence-corrected chi connectivity index (χ4v) is 5.45. The number of carbonyl (C=O) groups is 1. The summed E-state index contributed by atoms with van der Waals surface area (Å²) in [5, 5.41) is 4.97. The van der Waals surface area contributed by atoms with Crippen LogP contribution in [-0.4, -0.2) is 21.8 Å². The van der Waals surface area contributed by atoms with E-state index in [4.69, 9.17) is 9.72 Å². The van der Waals surface area contributed by atoms with Gasteiger partial charge in [-0.3, -0.25) is 4.79 Å². The monoisotopic (exact) mass is 693 g/mol. The molecule has 5 rings (SSSR count). The predicted octanol–water partition coefficient (Wildman–Crippen LogP) is 7.76. The Morgan fingerprint density at radius 2 is 1.68 bits per heavy atom. The molecule has 6 nitrogen and oxygen atoms in total. The molecule has 0 radical (unpaired) electrons. The lowest BCUT2D eigenvalue weighted by Crippen LogP contribution is -2.20. The van der Waals surface area contributed by atoms with Crippen LogP contribution in [-0.2, 0) is 0 Å². The number of para-hydroxylation sites is 1. The molecule has 0 amide bonds. The first-order chi connectivity index (χ1) is 18.3. The van der Waals surface area contributed by atoms with E-state index in [1.165, 1.54) is 10.9 Å². The Hall–Kier alpha value is -3.40. The van der Waals surface area contributed by atoms with Gasteiger partial charge in [0.05, 0.1) is 27.2 Å². The van der Waals surface area contributed by atoms with Crippen molar-refractivity contribution in [3.8, 4) is 17.1 Å². The largest absolute Gasteiger partial charge is 0.421 e. The molecule has 0 bridgehead atoms. The average molecular weight is 696 g/mol. The van der Waals surface area contributed by atoms with Crippen LogP contribution in [0.2, 0.25) is 0 Å². The Balaban J connectivity index is 1.62. The number of benzene rings is 4.